The van der Waals surface area contributed by atoms with Crippen LogP contribution in [-0.4, -0.2) is 64.4 Å². The van der Waals surface area contributed by atoms with Gasteiger partial charge in [-0.25, -0.2) is 18.7 Å². The number of anilines is 1. The van der Waals surface area contributed by atoms with Gasteiger partial charge in [-0.2, -0.15) is 10.4 Å². The first-order valence-electron chi connectivity index (χ1n) is 9.89. The number of carbonyl (C=O) groups is 2. The maximum Gasteiger partial charge on any atom is 0.415 e. The third-order valence-corrected chi connectivity index (χ3v) is 5.04. The van der Waals surface area contributed by atoms with Crippen molar-refractivity contribution in [3.63, 3.8) is 0 Å². The zero-order valence-corrected chi connectivity index (χ0v) is 20.5. The van der Waals surface area contributed by atoms with Crippen LogP contribution in [0.2, 0.25) is 0 Å². The quantitative estimate of drug-likeness (QED) is 0.607. The van der Waals surface area contributed by atoms with E-state index in [-0.39, 0.29) is 29.0 Å². The largest absolute Gasteiger partial charge is 0.444 e. The zero-order chi connectivity index (χ0) is 23.7. The van der Waals surface area contributed by atoms with Gasteiger partial charge >= 0.3 is 12.2 Å². The van der Waals surface area contributed by atoms with Gasteiger partial charge in [0.05, 0.1) is 12.1 Å². The Bertz CT molecular complexity index is 884. The zero-order valence-electron chi connectivity index (χ0n) is 18.9. The van der Waals surface area contributed by atoms with E-state index < -0.39 is 42.1 Å². The first kappa shape index (κ1) is 24.9. The summed E-state index contributed by atoms with van der Waals surface area (Å²) in [7, 11) is 1.47. The third-order valence-electron chi connectivity index (χ3n) is 4.48. The number of hydrogen-bond acceptors (Lipinski definition) is 6. The number of likely N-dealkylation sites (tertiary alicyclic amines) is 1. The SMILES string of the molecule is CN(C(=O)OC(C)(C)C)c1c(C#N)c(Br)nn1C1C[C@@H](CF)N(C(=O)OC(C)(C)C)C1. The van der Waals surface area contributed by atoms with Crippen molar-refractivity contribution in [3.05, 3.63) is 10.2 Å². The summed E-state index contributed by atoms with van der Waals surface area (Å²) in [6, 6.07) is 0.871. The molecule has 1 saturated heterocycles. The van der Waals surface area contributed by atoms with E-state index in [9.17, 15) is 19.2 Å². The van der Waals surface area contributed by atoms with Crippen molar-refractivity contribution in [1.29, 1.82) is 5.26 Å². The molecule has 0 aliphatic carbocycles. The van der Waals surface area contributed by atoms with E-state index in [1.807, 2.05) is 6.07 Å². The molecule has 1 unspecified atom stereocenters. The highest BCUT2D eigenvalue weighted by molar-refractivity contribution is 9.10. The summed E-state index contributed by atoms with van der Waals surface area (Å²) in [5.74, 6) is 0.206. The predicted octanol–water partition coefficient (Wildman–Crippen LogP) is 4.41. The number of alkyl halides is 1. The molecule has 2 heterocycles. The van der Waals surface area contributed by atoms with Gasteiger partial charge in [0, 0.05) is 13.6 Å². The highest BCUT2D eigenvalue weighted by Crippen LogP contribution is 2.36. The second kappa shape index (κ2) is 9.02. The Morgan fingerprint density at radius 1 is 1.26 bits per heavy atom. The van der Waals surface area contributed by atoms with E-state index in [1.54, 1.807) is 41.5 Å². The molecular weight excluding hydrogens is 473 g/mol. The molecule has 2 atom stereocenters. The van der Waals surface area contributed by atoms with Crippen LogP contribution in [-0.2, 0) is 9.47 Å². The maximum absolute atomic E-state index is 13.7. The molecule has 0 N–H and O–H groups in total. The molecule has 9 nitrogen and oxygen atoms in total. The van der Waals surface area contributed by atoms with Crippen molar-refractivity contribution in [2.24, 2.45) is 0 Å². The number of hydrogen-bond donors (Lipinski definition) is 0. The molecule has 11 heteroatoms. The predicted molar refractivity (Wildman–Crippen MR) is 116 cm³/mol. The Kier molecular flexibility index (Phi) is 7.25. The minimum Gasteiger partial charge on any atom is -0.444 e. The number of nitrogens with zero attached hydrogens (tertiary/aromatic N) is 5. The summed E-state index contributed by atoms with van der Waals surface area (Å²) in [6.07, 6.45) is -1.03. The van der Waals surface area contributed by atoms with Crippen molar-refractivity contribution in [1.82, 2.24) is 14.7 Å². The molecule has 172 valence electrons. The number of halogens is 2. The topological polar surface area (TPSA) is 101 Å². The number of carbonyl (C=O) groups excluding carboxylic acids is 2. The third kappa shape index (κ3) is 5.87. The van der Waals surface area contributed by atoms with E-state index in [0.717, 1.165) is 0 Å². The maximum atomic E-state index is 13.7. The lowest BCUT2D eigenvalue weighted by Crippen LogP contribution is -2.41. The number of aromatic nitrogens is 2. The minimum absolute atomic E-state index is 0.123. The lowest BCUT2D eigenvalue weighted by atomic mass is 10.2. The van der Waals surface area contributed by atoms with Crippen molar-refractivity contribution in [2.45, 2.75) is 71.2 Å². The van der Waals surface area contributed by atoms with Gasteiger partial charge in [-0.15, -0.1) is 0 Å². The van der Waals surface area contributed by atoms with Gasteiger partial charge in [0.25, 0.3) is 0 Å². The first-order valence-corrected chi connectivity index (χ1v) is 10.7. The molecule has 2 rings (SSSR count). The lowest BCUT2D eigenvalue weighted by molar-refractivity contribution is 0.0202. The molecule has 0 bridgehead atoms. The highest BCUT2D eigenvalue weighted by atomic mass is 79.9. The van der Waals surface area contributed by atoms with E-state index in [2.05, 4.69) is 21.0 Å². The monoisotopic (exact) mass is 501 g/mol. The average Bonchev–Trinajstić information content (AvgIpc) is 3.18. The van der Waals surface area contributed by atoms with Crippen LogP contribution in [0.15, 0.2) is 4.60 Å². The standard InChI is InChI=1S/C20H29BrFN5O4/c1-19(2,3)30-17(28)25(7)16-14(10-23)15(21)24-27(16)13-8-12(9-22)26(11-13)18(29)31-20(4,5)6/h12-13H,8-9,11H2,1-7H3/t12-,13?/m0/s1. The summed E-state index contributed by atoms with van der Waals surface area (Å²) in [4.78, 5) is 27.8. The van der Waals surface area contributed by atoms with Crippen LogP contribution in [0, 0.1) is 11.3 Å². The van der Waals surface area contributed by atoms with Crippen molar-refractivity contribution in [3.8, 4) is 6.07 Å². The fourth-order valence-corrected chi connectivity index (χ4v) is 3.68. The van der Waals surface area contributed by atoms with Crippen molar-refractivity contribution < 1.29 is 23.5 Å². The molecular formula is C20H29BrFN5O4. The summed E-state index contributed by atoms with van der Waals surface area (Å²) in [6.45, 7) is 9.79. The van der Waals surface area contributed by atoms with Crippen LogP contribution in [0.5, 0.6) is 0 Å². The van der Waals surface area contributed by atoms with Crippen LogP contribution in [0.4, 0.5) is 19.8 Å². The van der Waals surface area contributed by atoms with Crippen LogP contribution in [0.25, 0.3) is 0 Å². The molecule has 0 saturated carbocycles. The average molecular weight is 502 g/mol. The van der Waals surface area contributed by atoms with Gasteiger partial charge in [0.1, 0.15) is 34.1 Å². The molecule has 1 aromatic rings. The van der Waals surface area contributed by atoms with Crippen molar-refractivity contribution in [2.75, 3.05) is 25.2 Å². The molecule has 31 heavy (non-hydrogen) atoms. The van der Waals surface area contributed by atoms with E-state index in [0.29, 0.717) is 0 Å². The van der Waals surface area contributed by atoms with Gasteiger partial charge in [-0.05, 0) is 63.9 Å². The molecule has 1 aliphatic rings. The number of amides is 2. The molecule has 0 radical (unpaired) electrons. The Hall–Kier alpha value is -2.35. The van der Waals surface area contributed by atoms with Gasteiger partial charge < -0.3 is 14.4 Å². The Balaban J connectivity index is 2.40. The van der Waals surface area contributed by atoms with Gasteiger partial charge in [-0.3, -0.25) is 4.90 Å². The number of rotatable bonds is 3. The molecule has 2 amide bonds. The van der Waals surface area contributed by atoms with Crippen LogP contribution >= 0.6 is 15.9 Å². The Labute approximate surface area is 190 Å². The second-order valence-electron chi connectivity index (χ2n) is 9.42. The minimum atomic E-state index is -0.749. The fraction of sp³-hybridized carbons (Fsp3) is 0.700. The van der Waals surface area contributed by atoms with Crippen molar-refractivity contribution >= 4 is 33.9 Å². The first-order chi connectivity index (χ1) is 14.2. The molecule has 0 spiro atoms. The van der Waals surface area contributed by atoms with E-state index in [4.69, 9.17) is 9.47 Å². The summed E-state index contributed by atoms with van der Waals surface area (Å²) in [5.41, 5.74) is -1.32. The number of nitriles is 1. The normalized spacial score (nSPS) is 19.2. The molecule has 0 aromatic carbocycles. The Morgan fingerprint density at radius 2 is 1.84 bits per heavy atom. The summed E-state index contributed by atoms with van der Waals surface area (Å²) >= 11 is 3.26. The summed E-state index contributed by atoms with van der Waals surface area (Å²) in [5, 5.41) is 14.0. The van der Waals surface area contributed by atoms with E-state index in [1.165, 1.54) is 21.5 Å². The number of ether oxygens (including phenoxy) is 2. The molecule has 1 aliphatic heterocycles. The van der Waals surface area contributed by atoms with Crippen LogP contribution in [0.3, 0.4) is 0 Å². The lowest BCUT2D eigenvalue weighted by Gasteiger charge is -2.27. The van der Waals surface area contributed by atoms with Gasteiger partial charge in [0.2, 0.25) is 0 Å². The van der Waals surface area contributed by atoms with Gasteiger partial charge in [-0.1, -0.05) is 0 Å². The van der Waals surface area contributed by atoms with Crippen LogP contribution < -0.4 is 4.90 Å². The fourth-order valence-electron chi connectivity index (χ4n) is 3.25. The second-order valence-corrected chi connectivity index (χ2v) is 10.2. The Morgan fingerprint density at radius 3 is 2.32 bits per heavy atom. The molecule has 1 aromatic heterocycles. The van der Waals surface area contributed by atoms with Crippen LogP contribution in [0.1, 0.15) is 59.6 Å². The molecule has 1 fully saturated rings. The smallest absolute Gasteiger partial charge is 0.415 e. The van der Waals surface area contributed by atoms with E-state index >= 15 is 0 Å². The van der Waals surface area contributed by atoms with Gasteiger partial charge in [0.15, 0.2) is 5.82 Å². The summed E-state index contributed by atoms with van der Waals surface area (Å²) < 4.78 is 26.3. The highest BCUT2D eigenvalue weighted by Gasteiger charge is 2.41.